The van der Waals surface area contributed by atoms with Crippen LogP contribution in [0.3, 0.4) is 0 Å². The summed E-state index contributed by atoms with van der Waals surface area (Å²) < 4.78 is 12.2. The molecule has 196 valence electrons. The first kappa shape index (κ1) is 25.7. The lowest BCUT2D eigenvalue weighted by molar-refractivity contribution is 0.248. The van der Waals surface area contributed by atoms with Crippen LogP contribution in [0.5, 0.6) is 17.2 Å². The average Bonchev–Trinajstić information content (AvgIpc) is 3.46. The van der Waals surface area contributed by atoms with Gasteiger partial charge in [0.25, 0.3) is 0 Å². The maximum absolute atomic E-state index is 10.2. The van der Waals surface area contributed by atoms with E-state index >= 15 is 0 Å². The fourth-order valence-electron chi connectivity index (χ4n) is 5.92. The number of unbranched alkanes of at least 4 members (excludes halogenated alkanes) is 5. The molecule has 2 aliphatic heterocycles. The Balaban J connectivity index is 1.12. The number of ether oxygens (including phenoxy) is 2. The van der Waals surface area contributed by atoms with Crippen LogP contribution in [-0.4, -0.2) is 42.9 Å². The van der Waals surface area contributed by atoms with Crippen molar-refractivity contribution in [2.24, 2.45) is 0 Å². The number of likely N-dealkylation sites (tertiary alicyclic amines) is 1. The molecule has 2 aliphatic rings. The predicted octanol–water partition coefficient (Wildman–Crippen LogP) is 7.52. The Morgan fingerprint density at radius 2 is 1.51 bits per heavy atom. The summed E-state index contributed by atoms with van der Waals surface area (Å²) >= 11 is 0. The van der Waals surface area contributed by atoms with E-state index < -0.39 is 0 Å². The van der Waals surface area contributed by atoms with Gasteiger partial charge in [0.05, 0.1) is 13.2 Å². The van der Waals surface area contributed by atoms with E-state index in [9.17, 15) is 5.11 Å². The van der Waals surface area contributed by atoms with E-state index in [4.69, 9.17) is 9.47 Å². The number of phenols is 1. The third kappa shape index (κ3) is 6.87. The molecule has 1 saturated heterocycles. The second kappa shape index (κ2) is 13.0. The minimum absolute atomic E-state index is 0.109. The van der Waals surface area contributed by atoms with Crippen molar-refractivity contribution in [2.45, 2.75) is 63.2 Å². The summed E-state index contributed by atoms with van der Waals surface area (Å²) in [6.07, 6.45) is 10.5. The molecule has 0 radical (unpaired) electrons. The van der Waals surface area contributed by atoms with Crippen molar-refractivity contribution in [3.05, 3.63) is 89.5 Å². The fraction of sp³-hybridized carbons (Fsp3) is 0.455. The highest BCUT2D eigenvalue weighted by atomic mass is 16.5. The summed E-state index contributed by atoms with van der Waals surface area (Å²) in [5.74, 6) is 2.34. The zero-order valence-corrected chi connectivity index (χ0v) is 22.0. The van der Waals surface area contributed by atoms with Crippen molar-refractivity contribution in [1.82, 2.24) is 4.90 Å². The lowest BCUT2D eigenvalue weighted by atomic mass is 9.76. The molecule has 2 heterocycles. The summed E-state index contributed by atoms with van der Waals surface area (Å²) in [7, 11) is 0. The SMILES string of the molecule is Oc1ccc2c(c1)[C@H](c1ccc(OCCCCCCCCN3CCCC3)cc1)[C@H](c1ccccc1)CO2. The minimum atomic E-state index is 0.109. The first-order chi connectivity index (χ1) is 18.3. The second-order valence-corrected chi connectivity index (χ2v) is 10.6. The van der Waals surface area contributed by atoms with Crippen LogP contribution in [0.1, 0.15) is 79.9 Å². The monoisotopic (exact) mass is 499 g/mol. The molecule has 37 heavy (non-hydrogen) atoms. The van der Waals surface area contributed by atoms with Crippen molar-refractivity contribution in [3.8, 4) is 17.2 Å². The number of aromatic hydroxyl groups is 1. The number of benzene rings is 3. The van der Waals surface area contributed by atoms with E-state index in [2.05, 4.69) is 53.4 Å². The minimum Gasteiger partial charge on any atom is -0.508 e. The fourth-order valence-corrected chi connectivity index (χ4v) is 5.92. The Morgan fingerprint density at radius 1 is 0.784 bits per heavy atom. The summed E-state index contributed by atoms with van der Waals surface area (Å²) in [5.41, 5.74) is 3.50. The largest absolute Gasteiger partial charge is 0.508 e. The molecule has 4 heteroatoms. The second-order valence-electron chi connectivity index (χ2n) is 10.6. The number of hydrogen-bond donors (Lipinski definition) is 1. The Bertz CT molecular complexity index is 1090. The Hall–Kier alpha value is -2.98. The third-order valence-electron chi connectivity index (χ3n) is 7.95. The third-order valence-corrected chi connectivity index (χ3v) is 7.95. The molecule has 0 aliphatic carbocycles. The van der Waals surface area contributed by atoms with Crippen LogP contribution in [0.2, 0.25) is 0 Å². The molecule has 0 bridgehead atoms. The molecule has 0 unspecified atom stereocenters. The van der Waals surface area contributed by atoms with Gasteiger partial charge in [-0.15, -0.1) is 0 Å². The van der Waals surface area contributed by atoms with E-state index in [0.29, 0.717) is 6.61 Å². The predicted molar refractivity (Wildman–Crippen MR) is 150 cm³/mol. The topological polar surface area (TPSA) is 41.9 Å². The average molecular weight is 500 g/mol. The van der Waals surface area contributed by atoms with Gasteiger partial charge in [-0.05, 0) is 86.8 Å². The first-order valence-corrected chi connectivity index (χ1v) is 14.2. The van der Waals surface area contributed by atoms with Crippen LogP contribution in [0.4, 0.5) is 0 Å². The summed E-state index contributed by atoms with van der Waals surface area (Å²) in [6, 6.07) is 24.5. The van der Waals surface area contributed by atoms with Crippen LogP contribution in [0.25, 0.3) is 0 Å². The first-order valence-electron chi connectivity index (χ1n) is 14.2. The molecule has 3 aromatic carbocycles. The van der Waals surface area contributed by atoms with Crippen LogP contribution in [0.15, 0.2) is 72.8 Å². The van der Waals surface area contributed by atoms with Crippen LogP contribution >= 0.6 is 0 Å². The Morgan fingerprint density at radius 3 is 2.30 bits per heavy atom. The van der Waals surface area contributed by atoms with E-state index in [1.165, 1.54) is 75.7 Å². The lowest BCUT2D eigenvalue weighted by Gasteiger charge is -2.34. The number of phenolic OH excluding ortho intramolecular Hbond substituents is 1. The standard InChI is InChI=1S/C33H41NO3/c35-28-16-19-32-30(24-28)33(31(25-37-32)26-12-6-5-7-13-26)27-14-17-29(18-15-27)36-23-11-4-2-1-3-8-20-34-21-9-10-22-34/h5-7,12-19,24,31,33,35H,1-4,8-11,20-23,25H2/t31-,33-/m0/s1. The van der Waals surface area contributed by atoms with E-state index in [1.54, 1.807) is 6.07 Å². The molecular weight excluding hydrogens is 458 g/mol. The normalized spacial score (nSPS) is 19.4. The van der Waals surface area contributed by atoms with E-state index in [1.807, 2.05) is 18.2 Å². The number of hydrogen-bond acceptors (Lipinski definition) is 4. The Kier molecular flexibility index (Phi) is 9.02. The van der Waals surface area contributed by atoms with Crippen molar-refractivity contribution in [2.75, 3.05) is 32.8 Å². The van der Waals surface area contributed by atoms with Crippen molar-refractivity contribution < 1.29 is 14.6 Å². The highest BCUT2D eigenvalue weighted by Crippen LogP contribution is 2.47. The molecule has 3 aromatic rings. The zero-order chi connectivity index (χ0) is 25.3. The summed E-state index contributed by atoms with van der Waals surface area (Å²) in [5, 5.41) is 10.2. The molecule has 0 amide bonds. The van der Waals surface area contributed by atoms with E-state index in [-0.39, 0.29) is 17.6 Å². The smallest absolute Gasteiger partial charge is 0.123 e. The molecule has 4 nitrogen and oxygen atoms in total. The Labute approximate surface area is 222 Å². The highest BCUT2D eigenvalue weighted by Gasteiger charge is 2.33. The molecule has 0 aromatic heterocycles. The molecular formula is C33H41NO3. The van der Waals surface area contributed by atoms with E-state index in [0.717, 1.165) is 30.1 Å². The van der Waals surface area contributed by atoms with Crippen LogP contribution in [-0.2, 0) is 0 Å². The number of nitrogens with zero attached hydrogens (tertiary/aromatic N) is 1. The van der Waals surface area contributed by atoms with Crippen LogP contribution < -0.4 is 9.47 Å². The van der Waals surface area contributed by atoms with Crippen molar-refractivity contribution in [1.29, 1.82) is 0 Å². The lowest BCUT2D eigenvalue weighted by Crippen LogP contribution is -2.25. The molecule has 5 rings (SSSR count). The van der Waals surface area contributed by atoms with Gasteiger partial charge in [0.15, 0.2) is 0 Å². The van der Waals surface area contributed by atoms with Gasteiger partial charge in [-0.25, -0.2) is 0 Å². The zero-order valence-electron chi connectivity index (χ0n) is 22.0. The molecule has 0 saturated carbocycles. The van der Waals surface area contributed by atoms with Gasteiger partial charge in [0.2, 0.25) is 0 Å². The summed E-state index contributed by atoms with van der Waals surface area (Å²) in [4.78, 5) is 2.62. The van der Waals surface area contributed by atoms with Crippen LogP contribution in [0, 0.1) is 0 Å². The van der Waals surface area contributed by atoms with Gasteiger partial charge >= 0.3 is 0 Å². The molecule has 2 atom stereocenters. The molecule has 1 N–H and O–H groups in total. The quantitative estimate of drug-likeness (QED) is 0.262. The van der Waals surface area contributed by atoms with Crippen molar-refractivity contribution in [3.63, 3.8) is 0 Å². The number of rotatable bonds is 12. The van der Waals surface area contributed by atoms with Gasteiger partial charge in [-0.2, -0.15) is 0 Å². The van der Waals surface area contributed by atoms with Gasteiger partial charge < -0.3 is 19.5 Å². The van der Waals surface area contributed by atoms with Gasteiger partial charge in [-0.3, -0.25) is 0 Å². The van der Waals surface area contributed by atoms with Crippen molar-refractivity contribution >= 4 is 0 Å². The van der Waals surface area contributed by atoms with Gasteiger partial charge in [-0.1, -0.05) is 68.1 Å². The maximum atomic E-state index is 10.2. The highest BCUT2D eigenvalue weighted by molar-refractivity contribution is 5.51. The molecule has 0 spiro atoms. The van der Waals surface area contributed by atoms with Gasteiger partial charge in [0.1, 0.15) is 17.2 Å². The maximum Gasteiger partial charge on any atom is 0.123 e. The summed E-state index contributed by atoms with van der Waals surface area (Å²) in [6.45, 7) is 5.32. The number of fused-ring (bicyclic) bond motifs is 1. The molecule has 1 fully saturated rings. The van der Waals surface area contributed by atoms with Gasteiger partial charge in [0, 0.05) is 17.4 Å².